The number of thioether (sulfide) groups is 1. The van der Waals surface area contributed by atoms with Gasteiger partial charge in [-0.05, 0) is 65.9 Å². The molecular weight excluding hydrogens is 389 g/mol. The molecule has 1 aromatic heterocycles. The van der Waals surface area contributed by atoms with Crippen LogP contribution in [0.4, 0.5) is 4.39 Å². The summed E-state index contributed by atoms with van der Waals surface area (Å²) < 4.78 is 27.3. The molecule has 4 nitrogen and oxygen atoms in total. The SMILES string of the molecule is CSC1(c2cc(F)cc(OCc3ccc4c(ccc(=O)n4C)c3)c2)CCOCC1. The number of halogens is 1. The van der Waals surface area contributed by atoms with Crippen LogP contribution in [0.25, 0.3) is 10.9 Å². The fourth-order valence-electron chi connectivity index (χ4n) is 3.91. The largest absolute Gasteiger partial charge is 0.489 e. The summed E-state index contributed by atoms with van der Waals surface area (Å²) in [4.78, 5) is 11.8. The van der Waals surface area contributed by atoms with Crippen molar-refractivity contribution in [2.24, 2.45) is 7.05 Å². The molecule has 152 valence electrons. The minimum absolute atomic E-state index is 0.0374. The number of aryl methyl sites for hydroxylation is 1. The third-order valence-corrected chi connectivity index (χ3v) is 7.11. The molecule has 2 heterocycles. The molecule has 0 amide bonds. The van der Waals surface area contributed by atoms with Crippen LogP contribution < -0.4 is 10.3 Å². The molecule has 0 atom stereocenters. The molecule has 1 aliphatic heterocycles. The molecule has 1 fully saturated rings. The zero-order valence-electron chi connectivity index (χ0n) is 16.6. The van der Waals surface area contributed by atoms with Crippen LogP contribution in [-0.2, 0) is 23.1 Å². The molecule has 0 N–H and O–H groups in total. The van der Waals surface area contributed by atoms with E-state index in [1.54, 1.807) is 35.5 Å². The smallest absolute Gasteiger partial charge is 0.250 e. The van der Waals surface area contributed by atoms with Gasteiger partial charge in [-0.1, -0.05) is 6.07 Å². The van der Waals surface area contributed by atoms with Crippen LogP contribution in [0.2, 0.25) is 0 Å². The second kappa shape index (κ2) is 8.20. The monoisotopic (exact) mass is 413 g/mol. The Balaban J connectivity index is 1.57. The Morgan fingerprint density at radius 3 is 2.69 bits per heavy atom. The maximum atomic E-state index is 14.4. The Morgan fingerprint density at radius 2 is 1.93 bits per heavy atom. The normalized spacial score (nSPS) is 16.1. The first-order valence-corrected chi connectivity index (χ1v) is 10.9. The van der Waals surface area contributed by atoms with E-state index in [-0.39, 0.29) is 16.1 Å². The van der Waals surface area contributed by atoms with Gasteiger partial charge in [0.1, 0.15) is 18.2 Å². The number of hydrogen-bond donors (Lipinski definition) is 0. The van der Waals surface area contributed by atoms with Gasteiger partial charge in [0.05, 0.1) is 5.52 Å². The topological polar surface area (TPSA) is 40.5 Å². The van der Waals surface area contributed by atoms with E-state index in [2.05, 4.69) is 6.26 Å². The van der Waals surface area contributed by atoms with Crippen molar-refractivity contribution in [1.82, 2.24) is 4.57 Å². The predicted octanol–water partition coefficient (Wildman–Crippen LogP) is 4.63. The molecule has 0 aliphatic carbocycles. The maximum Gasteiger partial charge on any atom is 0.250 e. The Morgan fingerprint density at radius 1 is 1.14 bits per heavy atom. The van der Waals surface area contributed by atoms with E-state index in [1.807, 2.05) is 30.3 Å². The van der Waals surface area contributed by atoms with Crippen LogP contribution in [0.3, 0.4) is 0 Å². The molecule has 0 spiro atoms. The van der Waals surface area contributed by atoms with Crippen LogP contribution in [0.5, 0.6) is 5.75 Å². The van der Waals surface area contributed by atoms with Gasteiger partial charge < -0.3 is 14.0 Å². The number of aromatic nitrogens is 1. The van der Waals surface area contributed by atoms with Gasteiger partial charge in [0.2, 0.25) is 0 Å². The van der Waals surface area contributed by atoms with Gasteiger partial charge in [-0.2, -0.15) is 11.8 Å². The molecule has 6 heteroatoms. The number of benzene rings is 2. The van der Waals surface area contributed by atoms with Gasteiger partial charge in [-0.25, -0.2) is 4.39 Å². The fraction of sp³-hybridized carbons (Fsp3) is 0.348. The molecule has 0 unspecified atom stereocenters. The summed E-state index contributed by atoms with van der Waals surface area (Å²) >= 11 is 1.75. The lowest BCUT2D eigenvalue weighted by Gasteiger charge is -2.36. The molecule has 0 radical (unpaired) electrons. The molecular formula is C23H24FNO3S. The maximum absolute atomic E-state index is 14.4. The molecule has 0 bridgehead atoms. The van der Waals surface area contributed by atoms with Crippen molar-refractivity contribution in [2.45, 2.75) is 24.2 Å². The van der Waals surface area contributed by atoms with Crippen LogP contribution in [0.1, 0.15) is 24.0 Å². The number of hydrogen-bond acceptors (Lipinski definition) is 4. The van der Waals surface area contributed by atoms with Gasteiger partial charge in [0, 0.05) is 37.1 Å². The van der Waals surface area contributed by atoms with Crippen LogP contribution in [-0.4, -0.2) is 24.0 Å². The van der Waals surface area contributed by atoms with E-state index < -0.39 is 0 Å². The number of rotatable bonds is 5. The number of fused-ring (bicyclic) bond motifs is 1. The lowest BCUT2D eigenvalue weighted by atomic mass is 9.90. The third-order valence-electron chi connectivity index (χ3n) is 5.68. The molecule has 2 aromatic carbocycles. The lowest BCUT2D eigenvalue weighted by Crippen LogP contribution is -2.30. The van der Waals surface area contributed by atoms with Crippen LogP contribution >= 0.6 is 11.8 Å². The summed E-state index contributed by atoms with van der Waals surface area (Å²) in [7, 11) is 1.76. The highest BCUT2D eigenvalue weighted by Gasteiger charge is 2.34. The Kier molecular flexibility index (Phi) is 5.65. The van der Waals surface area contributed by atoms with Crippen molar-refractivity contribution < 1.29 is 13.9 Å². The minimum atomic E-state index is -0.286. The summed E-state index contributed by atoms with van der Waals surface area (Å²) in [6, 6.07) is 14.2. The Labute approximate surface area is 173 Å². The first-order chi connectivity index (χ1) is 14.0. The quantitative estimate of drug-likeness (QED) is 0.612. The zero-order valence-corrected chi connectivity index (χ0v) is 17.4. The summed E-state index contributed by atoms with van der Waals surface area (Å²) in [5.41, 5.74) is 2.75. The Hall–Kier alpha value is -2.31. The fourth-order valence-corrected chi connectivity index (χ4v) is 4.84. The third kappa shape index (κ3) is 4.05. The van der Waals surface area contributed by atoms with Gasteiger partial charge in [-0.3, -0.25) is 4.79 Å². The second-order valence-electron chi connectivity index (χ2n) is 7.40. The van der Waals surface area contributed by atoms with Crippen LogP contribution in [0, 0.1) is 5.82 Å². The highest BCUT2D eigenvalue weighted by atomic mass is 32.2. The number of ether oxygens (including phenoxy) is 2. The van der Waals surface area contributed by atoms with Gasteiger partial charge in [0.25, 0.3) is 5.56 Å². The van der Waals surface area contributed by atoms with E-state index in [1.165, 1.54) is 6.07 Å². The van der Waals surface area contributed by atoms with E-state index in [0.717, 1.165) is 34.9 Å². The van der Waals surface area contributed by atoms with Crippen molar-refractivity contribution >= 4 is 22.7 Å². The molecule has 4 rings (SSSR count). The number of nitrogens with zero attached hydrogens (tertiary/aromatic N) is 1. The summed E-state index contributed by atoms with van der Waals surface area (Å²) in [6.45, 7) is 1.71. The van der Waals surface area contributed by atoms with Crippen molar-refractivity contribution in [3.8, 4) is 5.75 Å². The van der Waals surface area contributed by atoms with Crippen molar-refractivity contribution in [1.29, 1.82) is 0 Å². The van der Waals surface area contributed by atoms with Gasteiger partial charge >= 0.3 is 0 Å². The highest BCUT2D eigenvalue weighted by molar-refractivity contribution is 7.99. The number of pyridine rings is 1. The summed E-state index contributed by atoms with van der Waals surface area (Å²) in [6.07, 6.45) is 3.79. The highest BCUT2D eigenvalue weighted by Crippen LogP contribution is 2.44. The standard InChI is InChI=1S/C23H24FNO3S/c1-25-21-5-3-16(11-17(21)4-6-22(25)26)15-28-20-13-18(12-19(24)14-20)23(29-2)7-9-27-10-8-23/h3-6,11-14H,7-10,15H2,1-2H3. The van der Waals surface area contributed by atoms with Gasteiger partial charge in [0.15, 0.2) is 0 Å². The minimum Gasteiger partial charge on any atom is -0.489 e. The lowest BCUT2D eigenvalue weighted by molar-refractivity contribution is 0.0768. The van der Waals surface area contributed by atoms with E-state index in [9.17, 15) is 9.18 Å². The van der Waals surface area contributed by atoms with Gasteiger partial charge in [-0.15, -0.1) is 0 Å². The molecule has 0 saturated carbocycles. The first-order valence-electron chi connectivity index (χ1n) is 9.66. The van der Waals surface area contributed by atoms with Crippen LogP contribution in [0.15, 0.2) is 53.3 Å². The average Bonchev–Trinajstić information content (AvgIpc) is 2.75. The van der Waals surface area contributed by atoms with E-state index in [0.29, 0.717) is 25.6 Å². The van der Waals surface area contributed by atoms with E-state index in [4.69, 9.17) is 9.47 Å². The molecule has 1 saturated heterocycles. The second-order valence-corrected chi connectivity index (χ2v) is 8.59. The zero-order chi connectivity index (χ0) is 20.4. The Bertz CT molecular complexity index is 1090. The molecule has 29 heavy (non-hydrogen) atoms. The first kappa shape index (κ1) is 20.0. The van der Waals surface area contributed by atoms with Crippen molar-refractivity contribution in [3.63, 3.8) is 0 Å². The van der Waals surface area contributed by atoms with Crippen molar-refractivity contribution in [2.75, 3.05) is 19.5 Å². The average molecular weight is 414 g/mol. The summed E-state index contributed by atoms with van der Waals surface area (Å²) in [5.74, 6) is 0.242. The molecule has 1 aliphatic rings. The van der Waals surface area contributed by atoms with Crippen molar-refractivity contribution in [3.05, 3.63) is 75.8 Å². The summed E-state index contributed by atoms with van der Waals surface area (Å²) in [5, 5.41) is 0.969. The molecule has 3 aromatic rings. The van der Waals surface area contributed by atoms with E-state index >= 15 is 0 Å². The predicted molar refractivity (Wildman–Crippen MR) is 115 cm³/mol.